The van der Waals surface area contributed by atoms with E-state index >= 15 is 0 Å². The van der Waals surface area contributed by atoms with Gasteiger partial charge in [-0.25, -0.2) is 0 Å². The summed E-state index contributed by atoms with van der Waals surface area (Å²) < 4.78 is 24.5. The summed E-state index contributed by atoms with van der Waals surface area (Å²) in [5.41, 5.74) is -0.218. The maximum absolute atomic E-state index is 6.31. The largest absolute Gasteiger partial charge is 0.458 e. The van der Waals surface area contributed by atoms with Crippen molar-refractivity contribution in [3.63, 3.8) is 0 Å². The highest BCUT2D eigenvalue weighted by molar-refractivity contribution is 6.45. The number of rotatable bonds is 4. The molecule has 0 aromatic heterocycles. The van der Waals surface area contributed by atoms with Gasteiger partial charge in [-0.05, 0) is 64.6 Å². The molecule has 5 heteroatoms. The highest BCUT2D eigenvalue weighted by atomic mass is 16.7. The highest BCUT2D eigenvalue weighted by Crippen LogP contribution is 2.52. The maximum Gasteiger partial charge on any atom is 0.458 e. The van der Waals surface area contributed by atoms with E-state index in [2.05, 4.69) is 41.5 Å². The van der Waals surface area contributed by atoms with Gasteiger partial charge in [-0.1, -0.05) is 13.8 Å². The molecule has 2 heterocycles. The second kappa shape index (κ2) is 6.26. The molecule has 2 saturated heterocycles. The van der Waals surface area contributed by atoms with Crippen LogP contribution in [-0.2, 0) is 18.8 Å². The summed E-state index contributed by atoms with van der Waals surface area (Å²) in [4.78, 5) is 0. The Bertz CT molecular complexity index is 428. The summed E-state index contributed by atoms with van der Waals surface area (Å²) in [5, 5.41) is 0. The molecule has 0 bridgehead atoms. The van der Waals surface area contributed by atoms with E-state index < -0.39 is 0 Å². The van der Waals surface area contributed by atoms with E-state index in [0.29, 0.717) is 5.92 Å². The Hall–Kier alpha value is -0.0951. The van der Waals surface area contributed by atoms with E-state index in [1.165, 1.54) is 6.42 Å². The molecule has 0 radical (unpaired) electrons. The molecule has 0 aromatic carbocycles. The van der Waals surface area contributed by atoms with Crippen LogP contribution in [0.25, 0.3) is 0 Å². The average molecular weight is 338 g/mol. The highest BCUT2D eigenvalue weighted by Gasteiger charge is 2.55. The summed E-state index contributed by atoms with van der Waals surface area (Å²) in [6, 6.07) is 0. The van der Waals surface area contributed by atoms with E-state index in [1.807, 2.05) is 0 Å². The SMILES string of the molecule is CC(C)CC1(CB2OC(C)(C)C(C)(C)O2)CCC2(CC1)OCCO2. The van der Waals surface area contributed by atoms with Crippen LogP contribution in [0.3, 0.4) is 0 Å². The lowest BCUT2D eigenvalue weighted by molar-refractivity contribution is -0.191. The molecule has 138 valence electrons. The number of hydrogen-bond donors (Lipinski definition) is 0. The lowest BCUT2D eigenvalue weighted by atomic mass is 9.58. The molecule has 0 aromatic rings. The van der Waals surface area contributed by atoms with Crippen molar-refractivity contribution in [2.45, 2.75) is 97.0 Å². The van der Waals surface area contributed by atoms with Gasteiger partial charge >= 0.3 is 7.12 Å². The fraction of sp³-hybridized carbons (Fsp3) is 1.00. The van der Waals surface area contributed by atoms with Crippen molar-refractivity contribution >= 4 is 7.12 Å². The molecule has 4 nitrogen and oxygen atoms in total. The molecule has 0 atom stereocenters. The van der Waals surface area contributed by atoms with E-state index in [-0.39, 0.29) is 29.5 Å². The monoisotopic (exact) mass is 338 g/mol. The van der Waals surface area contributed by atoms with Gasteiger partial charge in [-0.3, -0.25) is 0 Å². The van der Waals surface area contributed by atoms with Crippen LogP contribution in [-0.4, -0.2) is 37.3 Å². The van der Waals surface area contributed by atoms with Gasteiger partial charge in [0.1, 0.15) is 0 Å². The van der Waals surface area contributed by atoms with Crippen LogP contribution in [0.5, 0.6) is 0 Å². The Morgan fingerprint density at radius 2 is 1.33 bits per heavy atom. The smallest absolute Gasteiger partial charge is 0.403 e. The van der Waals surface area contributed by atoms with Gasteiger partial charge in [0.15, 0.2) is 5.79 Å². The van der Waals surface area contributed by atoms with Crippen molar-refractivity contribution in [1.82, 2.24) is 0 Å². The Morgan fingerprint density at radius 3 is 1.79 bits per heavy atom. The molecule has 2 aliphatic heterocycles. The summed E-state index contributed by atoms with van der Waals surface area (Å²) in [5.74, 6) is 0.378. The minimum absolute atomic E-state index is 0.104. The van der Waals surface area contributed by atoms with Crippen molar-refractivity contribution in [1.29, 1.82) is 0 Å². The zero-order valence-electron chi connectivity index (χ0n) is 16.4. The van der Waals surface area contributed by atoms with E-state index in [4.69, 9.17) is 18.8 Å². The zero-order valence-corrected chi connectivity index (χ0v) is 16.4. The first kappa shape index (κ1) is 18.7. The Labute approximate surface area is 148 Å². The second-order valence-electron chi connectivity index (χ2n) is 9.60. The molecule has 1 aliphatic carbocycles. The van der Waals surface area contributed by atoms with Crippen LogP contribution >= 0.6 is 0 Å². The summed E-state index contributed by atoms with van der Waals surface area (Å²) in [6.07, 6.45) is 6.46. The van der Waals surface area contributed by atoms with Gasteiger partial charge in [0.2, 0.25) is 0 Å². The molecule has 3 rings (SSSR count). The Balaban J connectivity index is 1.69. The molecule has 0 unspecified atom stereocenters. The minimum Gasteiger partial charge on any atom is -0.403 e. The molecule has 0 N–H and O–H groups in total. The molecule has 1 spiro atoms. The van der Waals surface area contributed by atoms with Gasteiger partial charge in [0.25, 0.3) is 0 Å². The first-order valence-electron chi connectivity index (χ1n) is 9.71. The molecule has 1 saturated carbocycles. The fourth-order valence-electron chi connectivity index (χ4n) is 4.71. The van der Waals surface area contributed by atoms with Crippen LogP contribution in [0.1, 0.15) is 73.6 Å². The van der Waals surface area contributed by atoms with Crippen molar-refractivity contribution in [3.8, 4) is 0 Å². The minimum atomic E-state index is -0.295. The first-order valence-corrected chi connectivity index (χ1v) is 9.71. The van der Waals surface area contributed by atoms with E-state index in [1.54, 1.807) is 0 Å². The van der Waals surface area contributed by atoms with Crippen LogP contribution in [0.15, 0.2) is 0 Å². The van der Waals surface area contributed by atoms with Gasteiger partial charge < -0.3 is 18.8 Å². The predicted octanol–water partition coefficient (Wildman–Crippen LogP) is 4.43. The number of ether oxygens (including phenoxy) is 2. The standard InChI is InChI=1S/C19H35BO4/c1-15(2)13-18(7-9-19(10-8-18)21-11-12-22-19)14-20-23-16(3,4)17(5,6)24-20/h15H,7-14H2,1-6H3. The quantitative estimate of drug-likeness (QED) is 0.711. The topological polar surface area (TPSA) is 36.9 Å². The zero-order chi connectivity index (χ0) is 17.6. The van der Waals surface area contributed by atoms with Gasteiger partial charge in [-0.15, -0.1) is 0 Å². The third-order valence-corrected chi connectivity index (χ3v) is 6.63. The van der Waals surface area contributed by atoms with Crippen LogP contribution in [0.4, 0.5) is 0 Å². The Morgan fingerprint density at radius 1 is 0.833 bits per heavy atom. The molecular weight excluding hydrogens is 303 g/mol. The number of hydrogen-bond acceptors (Lipinski definition) is 4. The summed E-state index contributed by atoms with van der Waals surface area (Å²) >= 11 is 0. The van der Waals surface area contributed by atoms with Crippen LogP contribution in [0, 0.1) is 11.3 Å². The first-order chi connectivity index (χ1) is 11.1. The average Bonchev–Trinajstić information content (AvgIpc) is 2.96. The van der Waals surface area contributed by atoms with Crippen LogP contribution in [0.2, 0.25) is 6.32 Å². The molecule has 3 aliphatic rings. The molecule has 24 heavy (non-hydrogen) atoms. The van der Waals surface area contributed by atoms with Crippen molar-refractivity contribution in [2.24, 2.45) is 11.3 Å². The van der Waals surface area contributed by atoms with Gasteiger partial charge in [0, 0.05) is 12.8 Å². The van der Waals surface area contributed by atoms with E-state index in [0.717, 1.165) is 45.2 Å². The van der Waals surface area contributed by atoms with Crippen molar-refractivity contribution in [3.05, 3.63) is 0 Å². The maximum atomic E-state index is 6.31. The normalized spacial score (nSPS) is 30.4. The Kier molecular flexibility index (Phi) is 4.87. The fourth-order valence-corrected chi connectivity index (χ4v) is 4.71. The summed E-state index contributed by atoms with van der Waals surface area (Å²) in [6.45, 7) is 14.7. The lowest BCUT2D eigenvalue weighted by Crippen LogP contribution is -2.42. The van der Waals surface area contributed by atoms with Gasteiger partial charge in [-0.2, -0.15) is 0 Å². The van der Waals surface area contributed by atoms with Crippen molar-refractivity contribution < 1.29 is 18.8 Å². The van der Waals surface area contributed by atoms with Crippen molar-refractivity contribution in [2.75, 3.05) is 13.2 Å². The van der Waals surface area contributed by atoms with Gasteiger partial charge in [0.05, 0.1) is 24.4 Å². The third kappa shape index (κ3) is 3.55. The summed E-state index contributed by atoms with van der Waals surface area (Å²) in [7, 11) is -0.104. The lowest BCUT2D eigenvalue weighted by Gasteiger charge is -2.45. The molecule has 0 amide bonds. The second-order valence-corrected chi connectivity index (χ2v) is 9.60. The molecular formula is C19H35BO4. The van der Waals surface area contributed by atoms with E-state index in [9.17, 15) is 0 Å². The third-order valence-electron chi connectivity index (χ3n) is 6.63. The van der Waals surface area contributed by atoms with Crippen LogP contribution < -0.4 is 0 Å². The predicted molar refractivity (Wildman–Crippen MR) is 95.9 cm³/mol. The molecule has 3 fully saturated rings.